The fraction of sp³-hybridized carbons (Fsp3) is 0.357. The van der Waals surface area contributed by atoms with Crippen molar-refractivity contribution < 1.29 is 0 Å². The van der Waals surface area contributed by atoms with Gasteiger partial charge in [-0.1, -0.05) is 18.5 Å². The summed E-state index contributed by atoms with van der Waals surface area (Å²) in [5, 5.41) is 5.24. The van der Waals surface area contributed by atoms with E-state index in [9.17, 15) is 0 Å². The van der Waals surface area contributed by atoms with Crippen LogP contribution in [0.2, 0.25) is 5.02 Å². The SMILES string of the molecule is CCc1c(CCN)cnn1-c1ccc(Cl)cc1C. The van der Waals surface area contributed by atoms with Crippen LogP contribution in [-0.2, 0) is 12.8 Å². The molecule has 96 valence electrons. The minimum atomic E-state index is 0.651. The highest BCUT2D eigenvalue weighted by molar-refractivity contribution is 6.30. The van der Waals surface area contributed by atoms with Crippen molar-refractivity contribution in [2.45, 2.75) is 26.7 Å². The summed E-state index contributed by atoms with van der Waals surface area (Å²) in [5.41, 5.74) is 10.3. The molecule has 4 heteroatoms. The molecule has 3 nitrogen and oxygen atoms in total. The monoisotopic (exact) mass is 263 g/mol. The van der Waals surface area contributed by atoms with Crippen LogP contribution in [0.5, 0.6) is 0 Å². The molecule has 18 heavy (non-hydrogen) atoms. The quantitative estimate of drug-likeness (QED) is 0.922. The second-order valence-corrected chi connectivity index (χ2v) is 4.79. The minimum absolute atomic E-state index is 0.651. The fourth-order valence-electron chi connectivity index (χ4n) is 2.21. The Morgan fingerprint density at radius 3 is 2.78 bits per heavy atom. The highest BCUT2D eigenvalue weighted by Crippen LogP contribution is 2.22. The van der Waals surface area contributed by atoms with Gasteiger partial charge in [0.15, 0.2) is 0 Å². The number of halogens is 1. The zero-order valence-electron chi connectivity index (χ0n) is 10.8. The second kappa shape index (κ2) is 5.55. The molecule has 0 spiro atoms. The Morgan fingerprint density at radius 1 is 1.39 bits per heavy atom. The number of rotatable bonds is 4. The summed E-state index contributed by atoms with van der Waals surface area (Å²) in [5.74, 6) is 0. The van der Waals surface area contributed by atoms with E-state index in [1.165, 1.54) is 11.3 Å². The normalized spacial score (nSPS) is 10.9. The molecule has 1 aromatic heterocycles. The first kappa shape index (κ1) is 13.1. The van der Waals surface area contributed by atoms with Crippen molar-refractivity contribution >= 4 is 11.6 Å². The number of hydrogen-bond donors (Lipinski definition) is 1. The molecule has 0 amide bonds. The Kier molecular flexibility index (Phi) is 4.04. The summed E-state index contributed by atoms with van der Waals surface area (Å²) >= 11 is 5.99. The van der Waals surface area contributed by atoms with Crippen molar-refractivity contribution in [2.75, 3.05) is 6.54 Å². The first-order valence-corrected chi connectivity index (χ1v) is 6.57. The average molecular weight is 264 g/mol. The standard InChI is InChI=1S/C14H18ClN3/c1-3-13-11(6-7-16)9-17-18(13)14-5-4-12(15)8-10(14)2/h4-5,8-9H,3,6-7,16H2,1-2H3. The van der Waals surface area contributed by atoms with Gasteiger partial charge in [-0.25, -0.2) is 4.68 Å². The number of nitrogens with two attached hydrogens (primary N) is 1. The average Bonchev–Trinajstić information content (AvgIpc) is 2.72. The van der Waals surface area contributed by atoms with E-state index in [1.54, 1.807) is 0 Å². The molecule has 0 atom stereocenters. The van der Waals surface area contributed by atoms with Crippen molar-refractivity contribution in [3.8, 4) is 5.69 Å². The highest BCUT2D eigenvalue weighted by atomic mass is 35.5. The molecule has 0 saturated carbocycles. The lowest BCUT2D eigenvalue weighted by Crippen LogP contribution is -2.07. The van der Waals surface area contributed by atoms with Crippen LogP contribution >= 0.6 is 11.6 Å². The van der Waals surface area contributed by atoms with Crippen molar-refractivity contribution in [1.82, 2.24) is 9.78 Å². The largest absolute Gasteiger partial charge is 0.330 e. The van der Waals surface area contributed by atoms with Crippen LogP contribution in [0.15, 0.2) is 24.4 Å². The number of aryl methyl sites for hydroxylation is 1. The van der Waals surface area contributed by atoms with Crippen molar-refractivity contribution in [3.63, 3.8) is 0 Å². The Hall–Kier alpha value is -1.32. The Morgan fingerprint density at radius 2 is 2.17 bits per heavy atom. The zero-order valence-corrected chi connectivity index (χ0v) is 11.5. The van der Waals surface area contributed by atoms with E-state index in [4.69, 9.17) is 17.3 Å². The van der Waals surface area contributed by atoms with Crippen LogP contribution in [0, 0.1) is 6.92 Å². The van der Waals surface area contributed by atoms with Crippen LogP contribution in [0.1, 0.15) is 23.7 Å². The summed E-state index contributed by atoms with van der Waals surface area (Å²) in [6.07, 6.45) is 3.73. The van der Waals surface area contributed by atoms with E-state index in [2.05, 4.69) is 12.0 Å². The van der Waals surface area contributed by atoms with E-state index in [0.717, 1.165) is 29.1 Å². The van der Waals surface area contributed by atoms with E-state index in [-0.39, 0.29) is 0 Å². The summed E-state index contributed by atoms with van der Waals surface area (Å²) in [4.78, 5) is 0. The molecule has 0 aliphatic rings. The highest BCUT2D eigenvalue weighted by Gasteiger charge is 2.11. The maximum atomic E-state index is 5.99. The van der Waals surface area contributed by atoms with Gasteiger partial charge in [0.05, 0.1) is 11.9 Å². The van der Waals surface area contributed by atoms with Crippen molar-refractivity contribution in [3.05, 3.63) is 46.2 Å². The molecule has 2 rings (SSSR count). The van der Waals surface area contributed by atoms with E-state index in [1.807, 2.05) is 36.0 Å². The summed E-state index contributed by atoms with van der Waals surface area (Å²) in [6, 6.07) is 5.87. The molecule has 2 N–H and O–H groups in total. The lowest BCUT2D eigenvalue weighted by atomic mass is 10.1. The summed E-state index contributed by atoms with van der Waals surface area (Å²) in [6.45, 7) is 4.84. The van der Waals surface area contributed by atoms with Crippen LogP contribution in [0.4, 0.5) is 0 Å². The Labute approximate surface area is 113 Å². The van der Waals surface area contributed by atoms with E-state index >= 15 is 0 Å². The molecular weight excluding hydrogens is 246 g/mol. The molecular formula is C14H18ClN3. The van der Waals surface area contributed by atoms with Gasteiger partial charge in [-0.3, -0.25) is 0 Å². The molecule has 1 heterocycles. The van der Waals surface area contributed by atoms with Gasteiger partial charge in [-0.05, 0) is 55.6 Å². The predicted octanol–water partition coefficient (Wildman–Crippen LogP) is 2.90. The first-order chi connectivity index (χ1) is 8.67. The smallest absolute Gasteiger partial charge is 0.0679 e. The fourth-order valence-corrected chi connectivity index (χ4v) is 2.44. The van der Waals surface area contributed by atoms with Gasteiger partial charge < -0.3 is 5.73 Å². The molecule has 0 aliphatic carbocycles. The number of aromatic nitrogens is 2. The Balaban J connectivity index is 2.50. The van der Waals surface area contributed by atoms with Crippen LogP contribution < -0.4 is 5.73 Å². The number of nitrogens with zero attached hydrogens (tertiary/aromatic N) is 2. The van der Waals surface area contributed by atoms with Crippen LogP contribution in [-0.4, -0.2) is 16.3 Å². The molecule has 0 saturated heterocycles. The third-order valence-corrected chi connectivity index (χ3v) is 3.33. The number of hydrogen-bond acceptors (Lipinski definition) is 2. The molecule has 0 unspecified atom stereocenters. The van der Waals surface area contributed by atoms with Gasteiger partial charge in [-0.2, -0.15) is 5.10 Å². The number of benzene rings is 1. The maximum absolute atomic E-state index is 5.99. The van der Waals surface area contributed by atoms with Gasteiger partial charge in [0.25, 0.3) is 0 Å². The van der Waals surface area contributed by atoms with Gasteiger partial charge in [0, 0.05) is 10.7 Å². The molecule has 0 aliphatic heterocycles. The molecule has 0 bridgehead atoms. The molecule has 1 aromatic carbocycles. The van der Waals surface area contributed by atoms with Crippen molar-refractivity contribution in [2.24, 2.45) is 5.73 Å². The van der Waals surface area contributed by atoms with Crippen molar-refractivity contribution in [1.29, 1.82) is 0 Å². The third kappa shape index (κ3) is 2.42. The lowest BCUT2D eigenvalue weighted by Gasteiger charge is -2.10. The molecule has 0 fully saturated rings. The van der Waals surface area contributed by atoms with Crippen LogP contribution in [0.3, 0.4) is 0 Å². The Bertz CT molecular complexity index is 546. The second-order valence-electron chi connectivity index (χ2n) is 4.35. The zero-order chi connectivity index (χ0) is 13.1. The van der Waals surface area contributed by atoms with Gasteiger partial charge in [-0.15, -0.1) is 0 Å². The van der Waals surface area contributed by atoms with Crippen LogP contribution in [0.25, 0.3) is 5.69 Å². The maximum Gasteiger partial charge on any atom is 0.0679 e. The lowest BCUT2D eigenvalue weighted by molar-refractivity contribution is 0.800. The summed E-state index contributed by atoms with van der Waals surface area (Å²) < 4.78 is 2.00. The third-order valence-electron chi connectivity index (χ3n) is 3.09. The first-order valence-electron chi connectivity index (χ1n) is 6.19. The van der Waals surface area contributed by atoms with E-state index < -0.39 is 0 Å². The topological polar surface area (TPSA) is 43.8 Å². The predicted molar refractivity (Wildman–Crippen MR) is 75.4 cm³/mol. The van der Waals surface area contributed by atoms with Gasteiger partial charge >= 0.3 is 0 Å². The molecule has 0 radical (unpaired) electrons. The summed E-state index contributed by atoms with van der Waals surface area (Å²) in [7, 11) is 0. The molecule has 2 aromatic rings. The van der Waals surface area contributed by atoms with E-state index in [0.29, 0.717) is 6.54 Å². The van der Waals surface area contributed by atoms with Gasteiger partial charge in [0.2, 0.25) is 0 Å². The van der Waals surface area contributed by atoms with Gasteiger partial charge in [0.1, 0.15) is 0 Å². The minimum Gasteiger partial charge on any atom is -0.330 e.